The Hall–Kier alpha value is -1.91. The lowest BCUT2D eigenvalue weighted by atomic mass is 10.1. The molecule has 0 aliphatic carbocycles. The number of hydrogen-bond acceptors (Lipinski definition) is 3. The van der Waals surface area contributed by atoms with Gasteiger partial charge in [0.25, 0.3) is 0 Å². The molecular formula is C14H17F2N3. The number of nitrogens with zero attached hydrogens (tertiary/aromatic N) is 2. The van der Waals surface area contributed by atoms with Gasteiger partial charge in [-0.05, 0) is 19.9 Å². The highest BCUT2D eigenvalue weighted by atomic mass is 19.1. The first kappa shape index (κ1) is 13.5. The minimum absolute atomic E-state index is 0.154. The van der Waals surface area contributed by atoms with Gasteiger partial charge >= 0.3 is 0 Å². The minimum atomic E-state index is -0.599. The third-order valence-electron chi connectivity index (χ3n) is 2.75. The molecule has 0 radical (unpaired) electrons. The smallest absolute Gasteiger partial charge is 0.139 e. The topological polar surface area (TPSA) is 28.2 Å². The molecule has 1 aromatic heterocycles. The van der Waals surface area contributed by atoms with Crippen molar-refractivity contribution in [2.24, 2.45) is 0 Å². The van der Waals surface area contributed by atoms with Crippen LogP contribution in [-0.4, -0.2) is 25.1 Å². The molecule has 0 aliphatic heterocycles. The largest absolute Gasteiger partial charge is 0.381 e. The van der Waals surface area contributed by atoms with Gasteiger partial charge in [0.05, 0.1) is 17.3 Å². The quantitative estimate of drug-likeness (QED) is 0.922. The number of nitrogens with one attached hydrogen (secondary N) is 1. The van der Waals surface area contributed by atoms with E-state index in [-0.39, 0.29) is 6.04 Å². The zero-order valence-corrected chi connectivity index (χ0v) is 11.5. The predicted octanol–water partition coefficient (Wildman–Crippen LogP) is 3.40. The van der Waals surface area contributed by atoms with Crippen LogP contribution in [0.15, 0.2) is 18.3 Å². The molecular weight excluding hydrogens is 248 g/mol. The molecule has 0 bridgehead atoms. The maximum Gasteiger partial charge on any atom is 0.139 e. The minimum Gasteiger partial charge on any atom is -0.381 e. The molecule has 0 fully saturated rings. The highest BCUT2D eigenvalue weighted by Gasteiger charge is 2.15. The van der Waals surface area contributed by atoms with E-state index in [4.69, 9.17) is 0 Å². The van der Waals surface area contributed by atoms with Crippen LogP contribution in [0.4, 0.5) is 20.3 Å². The lowest BCUT2D eigenvalue weighted by Gasteiger charge is -2.18. The SMILES string of the molecule is CC(C)Nc1cnc(N(C)C)c2c(F)cc(F)cc12. The van der Waals surface area contributed by atoms with Crippen molar-refractivity contribution in [3.63, 3.8) is 0 Å². The summed E-state index contributed by atoms with van der Waals surface area (Å²) in [7, 11) is 3.56. The number of halogens is 2. The fourth-order valence-electron chi connectivity index (χ4n) is 2.04. The Morgan fingerprint density at radius 2 is 1.89 bits per heavy atom. The van der Waals surface area contributed by atoms with E-state index in [0.29, 0.717) is 22.3 Å². The molecule has 102 valence electrons. The van der Waals surface area contributed by atoms with E-state index < -0.39 is 11.6 Å². The van der Waals surface area contributed by atoms with E-state index in [2.05, 4.69) is 10.3 Å². The second-order valence-corrected chi connectivity index (χ2v) is 5.00. The second kappa shape index (κ2) is 4.99. The summed E-state index contributed by atoms with van der Waals surface area (Å²) in [6.07, 6.45) is 1.61. The molecule has 1 heterocycles. The van der Waals surface area contributed by atoms with E-state index in [1.165, 1.54) is 6.07 Å². The molecule has 1 aromatic carbocycles. The summed E-state index contributed by atoms with van der Waals surface area (Å²) in [6, 6.07) is 2.37. The molecule has 0 spiro atoms. The summed E-state index contributed by atoms with van der Waals surface area (Å²) < 4.78 is 27.5. The summed E-state index contributed by atoms with van der Waals surface area (Å²) in [5.41, 5.74) is 0.633. The number of rotatable bonds is 3. The molecule has 0 aliphatic rings. The van der Waals surface area contributed by atoms with E-state index in [9.17, 15) is 8.78 Å². The summed E-state index contributed by atoms with van der Waals surface area (Å²) >= 11 is 0. The van der Waals surface area contributed by atoms with Crippen molar-refractivity contribution in [3.05, 3.63) is 30.0 Å². The number of fused-ring (bicyclic) bond motifs is 1. The standard InChI is InChI=1S/C14H17F2N3/c1-8(2)18-12-7-17-14(19(3)4)13-10(12)5-9(15)6-11(13)16/h5-8,18H,1-4H3. The van der Waals surface area contributed by atoms with Crippen molar-refractivity contribution in [2.75, 3.05) is 24.3 Å². The van der Waals surface area contributed by atoms with E-state index >= 15 is 0 Å². The molecule has 0 atom stereocenters. The van der Waals surface area contributed by atoms with Crippen LogP contribution < -0.4 is 10.2 Å². The Kier molecular flexibility index (Phi) is 3.55. The van der Waals surface area contributed by atoms with Crippen molar-refractivity contribution >= 4 is 22.3 Å². The van der Waals surface area contributed by atoms with E-state index in [1.807, 2.05) is 13.8 Å². The van der Waals surface area contributed by atoms with Crippen molar-refractivity contribution in [2.45, 2.75) is 19.9 Å². The molecule has 2 rings (SSSR count). The monoisotopic (exact) mass is 265 g/mol. The van der Waals surface area contributed by atoms with Gasteiger partial charge in [-0.1, -0.05) is 0 Å². The number of anilines is 2. The summed E-state index contributed by atoms with van der Waals surface area (Å²) in [4.78, 5) is 5.96. The van der Waals surface area contributed by atoms with Crippen molar-refractivity contribution in [1.82, 2.24) is 4.98 Å². The molecule has 3 nitrogen and oxygen atoms in total. The van der Waals surface area contributed by atoms with Crippen molar-refractivity contribution < 1.29 is 8.78 Å². The molecule has 19 heavy (non-hydrogen) atoms. The van der Waals surface area contributed by atoms with Crippen LogP contribution in [-0.2, 0) is 0 Å². The second-order valence-electron chi connectivity index (χ2n) is 5.00. The Labute approximate surface area is 111 Å². The first-order chi connectivity index (χ1) is 8.90. The first-order valence-corrected chi connectivity index (χ1v) is 6.11. The molecule has 2 aromatic rings. The zero-order chi connectivity index (χ0) is 14.2. The van der Waals surface area contributed by atoms with E-state index in [0.717, 1.165) is 6.07 Å². The number of pyridine rings is 1. The van der Waals surface area contributed by atoms with Crippen LogP contribution >= 0.6 is 0 Å². The summed E-state index contributed by atoms with van der Waals surface area (Å²) in [5, 5.41) is 3.99. The normalized spacial score (nSPS) is 11.1. The van der Waals surface area contributed by atoms with Gasteiger partial charge in [-0.3, -0.25) is 0 Å². The van der Waals surface area contributed by atoms with Crippen LogP contribution in [0.25, 0.3) is 10.8 Å². The van der Waals surface area contributed by atoms with Gasteiger partial charge in [0.2, 0.25) is 0 Å². The van der Waals surface area contributed by atoms with Crippen molar-refractivity contribution in [1.29, 1.82) is 0 Å². The van der Waals surface area contributed by atoms with E-state index in [1.54, 1.807) is 25.2 Å². The summed E-state index contributed by atoms with van der Waals surface area (Å²) in [5.74, 6) is -0.701. The summed E-state index contributed by atoms with van der Waals surface area (Å²) in [6.45, 7) is 3.92. The Bertz CT molecular complexity index is 609. The van der Waals surface area contributed by atoms with Crippen LogP contribution in [0.3, 0.4) is 0 Å². The van der Waals surface area contributed by atoms with Gasteiger partial charge < -0.3 is 10.2 Å². The average Bonchev–Trinajstić information content (AvgIpc) is 2.28. The molecule has 1 N–H and O–H groups in total. The maximum absolute atomic E-state index is 14.1. The van der Waals surface area contributed by atoms with Crippen LogP contribution in [0.2, 0.25) is 0 Å². The van der Waals surface area contributed by atoms with Gasteiger partial charge in [-0.15, -0.1) is 0 Å². The van der Waals surface area contributed by atoms with Gasteiger partial charge in [0.1, 0.15) is 17.5 Å². The maximum atomic E-state index is 14.1. The van der Waals surface area contributed by atoms with Crippen LogP contribution in [0, 0.1) is 11.6 Å². The molecule has 0 saturated heterocycles. The molecule has 0 unspecified atom stereocenters. The van der Waals surface area contributed by atoms with Gasteiger partial charge in [-0.25, -0.2) is 13.8 Å². The fourth-order valence-corrected chi connectivity index (χ4v) is 2.04. The predicted molar refractivity (Wildman–Crippen MR) is 74.7 cm³/mol. The molecule has 0 amide bonds. The lowest BCUT2D eigenvalue weighted by molar-refractivity contribution is 0.592. The fraction of sp³-hybridized carbons (Fsp3) is 0.357. The van der Waals surface area contributed by atoms with Crippen LogP contribution in [0.1, 0.15) is 13.8 Å². The third-order valence-corrected chi connectivity index (χ3v) is 2.75. The Morgan fingerprint density at radius 1 is 1.21 bits per heavy atom. The van der Waals surface area contributed by atoms with Gasteiger partial charge in [-0.2, -0.15) is 0 Å². The van der Waals surface area contributed by atoms with Gasteiger partial charge in [0, 0.05) is 31.6 Å². The zero-order valence-electron chi connectivity index (χ0n) is 11.5. The van der Waals surface area contributed by atoms with Crippen LogP contribution in [0.5, 0.6) is 0 Å². The van der Waals surface area contributed by atoms with Crippen molar-refractivity contribution in [3.8, 4) is 0 Å². The number of benzene rings is 1. The Morgan fingerprint density at radius 3 is 2.47 bits per heavy atom. The first-order valence-electron chi connectivity index (χ1n) is 6.11. The third kappa shape index (κ3) is 2.59. The highest BCUT2D eigenvalue weighted by molar-refractivity contribution is 6.00. The average molecular weight is 265 g/mol. The number of hydrogen-bond donors (Lipinski definition) is 1. The Balaban J connectivity index is 2.78. The molecule has 0 saturated carbocycles. The molecule has 5 heteroatoms. The lowest BCUT2D eigenvalue weighted by Crippen LogP contribution is -2.14. The number of aromatic nitrogens is 1. The van der Waals surface area contributed by atoms with Gasteiger partial charge in [0.15, 0.2) is 0 Å². The highest BCUT2D eigenvalue weighted by Crippen LogP contribution is 2.32.